The Labute approximate surface area is 216 Å². The van der Waals surface area contributed by atoms with Crippen LogP contribution in [-0.2, 0) is 10.2 Å². The number of carbonyl (C=O) groups is 1. The predicted octanol–water partition coefficient (Wildman–Crippen LogP) is 3.50. The molecule has 2 aromatic heterocycles. The first-order chi connectivity index (χ1) is 17.8. The Morgan fingerprint density at radius 1 is 1.35 bits per heavy atom. The number of nitrogen functional groups attached to an aromatic ring is 1. The maximum absolute atomic E-state index is 13.0. The van der Waals surface area contributed by atoms with E-state index in [1.54, 1.807) is 11.6 Å². The molecular formula is C28H33N7O2. The van der Waals surface area contributed by atoms with Gasteiger partial charge in [0.05, 0.1) is 28.4 Å². The highest BCUT2D eigenvalue weighted by Gasteiger charge is 2.57. The van der Waals surface area contributed by atoms with Crippen molar-refractivity contribution in [2.75, 3.05) is 12.8 Å². The summed E-state index contributed by atoms with van der Waals surface area (Å²) in [6.07, 6.45) is 8.79. The van der Waals surface area contributed by atoms with Crippen LogP contribution >= 0.6 is 0 Å². The number of likely N-dealkylation sites (N-methyl/N-ethyl adjacent to an activating group) is 1. The molecule has 0 saturated heterocycles. The molecule has 0 unspecified atom stereocenters. The first-order valence-corrected chi connectivity index (χ1v) is 12.5. The van der Waals surface area contributed by atoms with Crippen LogP contribution in [0.2, 0.25) is 0 Å². The van der Waals surface area contributed by atoms with Gasteiger partial charge in [-0.2, -0.15) is 10.2 Å². The lowest BCUT2D eigenvalue weighted by Gasteiger charge is -2.51. The second kappa shape index (κ2) is 9.15. The van der Waals surface area contributed by atoms with Crippen molar-refractivity contribution < 1.29 is 9.90 Å². The van der Waals surface area contributed by atoms with E-state index in [9.17, 15) is 9.90 Å². The summed E-state index contributed by atoms with van der Waals surface area (Å²) in [6, 6.07) is 10.2. The van der Waals surface area contributed by atoms with Gasteiger partial charge in [-0.15, -0.1) is 6.58 Å². The molecule has 0 aliphatic heterocycles. The third-order valence-electron chi connectivity index (χ3n) is 7.92. The quantitative estimate of drug-likeness (QED) is 0.248. The van der Waals surface area contributed by atoms with E-state index in [0.29, 0.717) is 17.4 Å². The lowest BCUT2D eigenvalue weighted by Crippen LogP contribution is -2.60. The number of aromatic nitrogens is 3. The molecule has 9 heteroatoms. The molecule has 2 aliphatic carbocycles. The maximum Gasteiger partial charge on any atom is 0.230 e. The van der Waals surface area contributed by atoms with Gasteiger partial charge in [-0.25, -0.2) is 9.50 Å². The molecule has 192 valence electrons. The normalized spacial score (nSPS) is 23.7. The summed E-state index contributed by atoms with van der Waals surface area (Å²) in [6.45, 7) is 9.54. The molecule has 2 aliphatic rings. The van der Waals surface area contributed by atoms with E-state index in [1.165, 1.54) is 18.8 Å². The van der Waals surface area contributed by atoms with Crippen molar-refractivity contribution in [2.24, 2.45) is 5.10 Å². The van der Waals surface area contributed by atoms with Gasteiger partial charge in [0.1, 0.15) is 11.8 Å². The number of nitrogens with one attached hydrogen (secondary N) is 1. The monoisotopic (exact) mass is 499 g/mol. The van der Waals surface area contributed by atoms with E-state index in [-0.39, 0.29) is 18.7 Å². The predicted molar refractivity (Wildman–Crippen MR) is 146 cm³/mol. The summed E-state index contributed by atoms with van der Waals surface area (Å²) in [5.41, 5.74) is 9.43. The van der Waals surface area contributed by atoms with Crippen LogP contribution in [0.1, 0.15) is 50.2 Å². The molecule has 2 saturated carbocycles. The molecule has 3 aromatic rings. The summed E-state index contributed by atoms with van der Waals surface area (Å²) in [5.74, 6) is 0.231. The molecule has 2 fully saturated rings. The Morgan fingerprint density at radius 2 is 2.11 bits per heavy atom. The topological polar surface area (TPSA) is 121 Å². The van der Waals surface area contributed by atoms with E-state index >= 15 is 0 Å². The Kier molecular flexibility index (Phi) is 6.11. The molecular weight excluding hydrogens is 466 g/mol. The highest BCUT2D eigenvalue weighted by molar-refractivity contribution is 5.91. The number of aliphatic hydroxyl groups is 1. The fourth-order valence-corrected chi connectivity index (χ4v) is 5.75. The third-order valence-corrected chi connectivity index (χ3v) is 7.92. The first-order valence-electron chi connectivity index (χ1n) is 12.5. The molecule has 0 spiro atoms. The fourth-order valence-electron chi connectivity index (χ4n) is 5.75. The number of nitrogens with two attached hydrogens (primary N) is 1. The Balaban J connectivity index is 1.65. The Hall–Kier alpha value is -3.98. The van der Waals surface area contributed by atoms with Gasteiger partial charge < -0.3 is 16.2 Å². The van der Waals surface area contributed by atoms with Crippen molar-refractivity contribution >= 4 is 29.7 Å². The zero-order valence-corrected chi connectivity index (χ0v) is 21.3. The minimum Gasteiger partial charge on any atom is -0.386 e. The molecule has 2 heterocycles. The van der Waals surface area contributed by atoms with E-state index in [2.05, 4.69) is 33.8 Å². The van der Waals surface area contributed by atoms with Gasteiger partial charge in [-0.1, -0.05) is 30.4 Å². The fraction of sp³-hybridized carbons (Fsp3) is 0.357. The molecule has 5 rings (SSSR count). The average molecular weight is 500 g/mol. The SMILES string of the molecule is C=CC1(O)CC(C(=O)NC)(c2cccc(-c3cc(/C(=C/C)N(N=C)C4CCC4)c4c(N)ncnn34)c2)C1. The molecule has 0 atom stereocenters. The van der Waals surface area contributed by atoms with Crippen molar-refractivity contribution in [1.29, 1.82) is 0 Å². The van der Waals surface area contributed by atoms with Crippen LogP contribution < -0.4 is 11.1 Å². The molecule has 0 bridgehead atoms. The van der Waals surface area contributed by atoms with Gasteiger partial charge in [0.15, 0.2) is 5.82 Å². The smallest absolute Gasteiger partial charge is 0.230 e. The molecule has 4 N–H and O–H groups in total. The number of nitrogens with zero attached hydrogens (tertiary/aromatic N) is 5. The average Bonchev–Trinajstić information content (AvgIpc) is 3.25. The number of allylic oxidation sites excluding steroid dienone is 1. The Morgan fingerprint density at radius 3 is 2.70 bits per heavy atom. The van der Waals surface area contributed by atoms with Crippen molar-refractivity contribution in [2.45, 2.75) is 56.1 Å². The van der Waals surface area contributed by atoms with E-state index in [0.717, 1.165) is 40.9 Å². The van der Waals surface area contributed by atoms with Crippen molar-refractivity contribution in [3.8, 4) is 11.3 Å². The molecule has 0 radical (unpaired) electrons. The van der Waals surface area contributed by atoms with Gasteiger partial charge in [-0.05, 0) is 56.7 Å². The zero-order chi connectivity index (χ0) is 26.4. The number of benzene rings is 1. The minimum absolute atomic E-state index is 0.132. The summed E-state index contributed by atoms with van der Waals surface area (Å²) in [5, 5.41) is 24.3. The molecule has 1 aromatic carbocycles. The third kappa shape index (κ3) is 3.81. The Bertz CT molecular complexity index is 1410. The summed E-state index contributed by atoms with van der Waals surface area (Å²) >= 11 is 0. The lowest BCUT2D eigenvalue weighted by molar-refractivity contribution is -0.140. The van der Waals surface area contributed by atoms with Gasteiger partial charge in [-0.3, -0.25) is 9.80 Å². The van der Waals surface area contributed by atoms with E-state index < -0.39 is 11.0 Å². The van der Waals surface area contributed by atoms with E-state index in [1.807, 2.05) is 48.3 Å². The number of fused-ring (bicyclic) bond motifs is 1. The number of anilines is 1. The summed E-state index contributed by atoms with van der Waals surface area (Å²) < 4.78 is 1.79. The second-order valence-electron chi connectivity index (χ2n) is 10.00. The largest absolute Gasteiger partial charge is 0.386 e. The van der Waals surface area contributed by atoms with Gasteiger partial charge in [0.2, 0.25) is 5.91 Å². The minimum atomic E-state index is -1.07. The van der Waals surface area contributed by atoms with Crippen LogP contribution in [0, 0.1) is 0 Å². The van der Waals surface area contributed by atoms with Crippen LogP contribution in [-0.4, -0.2) is 56.0 Å². The van der Waals surface area contributed by atoms with Gasteiger partial charge >= 0.3 is 0 Å². The highest BCUT2D eigenvalue weighted by Crippen LogP contribution is 2.51. The number of hydrogen-bond acceptors (Lipinski definition) is 7. The summed E-state index contributed by atoms with van der Waals surface area (Å²) in [7, 11) is 1.62. The number of amides is 1. The van der Waals surface area contributed by atoms with Gasteiger partial charge in [0.25, 0.3) is 0 Å². The second-order valence-corrected chi connectivity index (χ2v) is 10.00. The molecule has 37 heavy (non-hydrogen) atoms. The number of hydrogen-bond donors (Lipinski definition) is 3. The van der Waals surface area contributed by atoms with Crippen LogP contribution in [0.5, 0.6) is 0 Å². The van der Waals surface area contributed by atoms with Crippen molar-refractivity contribution in [3.05, 3.63) is 66.5 Å². The molecule has 1 amide bonds. The van der Waals surface area contributed by atoms with E-state index in [4.69, 9.17) is 5.73 Å². The molecule has 9 nitrogen and oxygen atoms in total. The zero-order valence-electron chi connectivity index (χ0n) is 21.3. The van der Waals surface area contributed by atoms with Crippen molar-refractivity contribution in [1.82, 2.24) is 24.9 Å². The first kappa shape index (κ1) is 24.7. The summed E-state index contributed by atoms with van der Waals surface area (Å²) in [4.78, 5) is 17.3. The van der Waals surface area contributed by atoms with Crippen LogP contribution in [0.25, 0.3) is 22.5 Å². The van der Waals surface area contributed by atoms with Crippen LogP contribution in [0.3, 0.4) is 0 Å². The standard InChI is InChI=1S/C28H33N7O2/c1-5-22(34(31-4)20-11-8-12-20)21-14-23(35-24(21)25(29)32-17-33-35)18-9-7-10-19(13-18)28(26(36)30-3)15-27(37,6-2)16-28/h5-7,9-10,13-14,17,20,37H,2,4,8,11-12,15-16H2,1,3H3,(H,30,36)(H2,29,32,33)/b22-5-. The van der Waals surface area contributed by atoms with Crippen LogP contribution in [0.15, 0.2) is 60.5 Å². The number of rotatable bonds is 8. The maximum atomic E-state index is 13.0. The number of hydrazone groups is 1. The van der Waals surface area contributed by atoms with Crippen molar-refractivity contribution in [3.63, 3.8) is 0 Å². The van der Waals surface area contributed by atoms with Crippen LogP contribution in [0.4, 0.5) is 5.82 Å². The highest BCUT2D eigenvalue weighted by atomic mass is 16.3. The van der Waals surface area contributed by atoms with Gasteiger partial charge in [0, 0.05) is 24.9 Å². The lowest BCUT2D eigenvalue weighted by atomic mass is 9.55. The number of carbonyl (C=O) groups excluding carboxylic acids is 1.